The summed E-state index contributed by atoms with van der Waals surface area (Å²) in [5.41, 5.74) is 0. The van der Waals surface area contributed by atoms with Crippen LogP contribution in [-0.2, 0) is 0 Å². The fourth-order valence-corrected chi connectivity index (χ4v) is 0. The van der Waals surface area contributed by atoms with Crippen molar-refractivity contribution in [2.24, 2.45) is 5.34 Å². The predicted molar refractivity (Wildman–Crippen MR) is 25.5 cm³/mol. The number of quaternary nitrogens is 1. The third-order valence-electron chi connectivity index (χ3n) is 0. The quantitative estimate of drug-likeness (QED) is 0.282. The van der Waals surface area contributed by atoms with Gasteiger partial charge < -0.3 is 31.6 Å². The van der Waals surface area contributed by atoms with Crippen LogP contribution in [0.25, 0.3) is 0 Å². The summed E-state index contributed by atoms with van der Waals surface area (Å²) in [6.45, 7) is 0. The first-order chi connectivity index (χ1) is 3.15. The van der Waals surface area contributed by atoms with Gasteiger partial charge >= 0.3 is 0 Å². The lowest BCUT2D eigenvalue weighted by Crippen LogP contribution is -1.74. The molecule has 0 saturated carbocycles. The van der Waals surface area contributed by atoms with E-state index in [4.69, 9.17) is 25.4 Å². The number of rotatable bonds is 0. The second-order valence-corrected chi connectivity index (χ2v) is 0.298. The van der Waals surface area contributed by atoms with Gasteiger partial charge in [-0.25, -0.2) is 0 Å². The van der Waals surface area contributed by atoms with Crippen LogP contribution in [0.1, 0.15) is 0 Å². The summed E-state index contributed by atoms with van der Waals surface area (Å²) >= 11 is 0. The SMILES string of the molecule is O=N[O-].O=[N+]([O-])[O-].[NH4+]. The average Bonchev–Trinajstić information content (AvgIpc) is 1.33. The van der Waals surface area contributed by atoms with Gasteiger partial charge in [-0.15, -0.1) is 5.34 Å². The number of hydrogen-bond donors (Lipinski definition) is 1. The molecule has 8 heavy (non-hydrogen) atoms. The van der Waals surface area contributed by atoms with E-state index in [0.717, 1.165) is 5.34 Å². The highest BCUT2D eigenvalue weighted by molar-refractivity contribution is 4.21. The molecule has 0 radical (unpaired) electrons. The van der Waals surface area contributed by atoms with Gasteiger partial charge in [-0.05, 0) is 0 Å². The van der Waals surface area contributed by atoms with E-state index < -0.39 is 5.09 Å². The van der Waals surface area contributed by atoms with Gasteiger partial charge in [0, 0.05) is 0 Å². The second-order valence-electron chi connectivity index (χ2n) is 0.298. The molecule has 4 N–H and O–H groups in total. The van der Waals surface area contributed by atoms with Crippen molar-refractivity contribution in [2.75, 3.05) is 0 Å². The van der Waals surface area contributed by atoms with Gasteiger partial charge in [0.2, 0.25) is 0 Å². The Labute approximate surface area is 43.4 Å². The smallest absolute Gasteiger partial charge is 0.0689 e. The van der Waals surface area contributed by atoms with E-state index >= 15 is 0 Å². The minimum Gasteiger partial charge on any atom is -0.444 e. The van der Waals surface area contributed by atoms with Crippen molar-refractivity contribution >= 4 is 0 Å². The normalized spacial score (nSPS) is 4.50. The molecule has 0 unspecified atom stereocenters. The fourth-order valence-electron chi connectivity index (χ4n) is 0. The highest BCUT2D eigenvalue weighted by Crippen LogP contribution is 1.44. The van der Waals surface area contributed by atoms with Gasteiger partial charge in [0.05, 0.1) is 5.09 Å². The van der Waals surface area contributed by atoms with Crippen molar-refractivity contribution in [2.45, 2.75) is 0 Å². The van der Waals surface area contributed by atoms with Crippen LogP contribution in [0, 0.1) is 25.4 Å². The lowest BCUT2D eigenvalue weighted by atomic mass is 13.1. The molecule has 0 aliphatic heterocycles. The summed E-state index contributed by atoms with van der Waals surface area (Å²) in [5, 5.41) is 23.8. The molecule has 0 rings (SSSR count). The van der Waals surface area contributed by atoms with E-state index in [2.05, 4.69) is 0 Å². The van der Waals surface area contributed by atoms with Gasteiger partial charge in [0.15, 0.2) is 0 Å². The third-order valence-corrected chi connectivity index (χ3v) is 0. The molecule has 0 atom stereocenters. The molecular formula is H4N3O5-. The van der Waals surface area contributed by atoms with Gasteiger partial charge in [0.25, 0.3) is 0 Å². The summed E-state index contributed by atoms with van der Waals surface area (Å²) in [4.78, 5) is 16.2. The van der Waals surface area contributed by atoms with Gasteiger partial charge in [-0.3, -0.25) is 0 Å². The first-order valence-electron chi connectivity index (χ1n) is 0.913. The predicted octanol–water partition coefficient (Wildman–Crippen LogP) is 0.388. The van der Waals surface area contributed by atoms with E-state index in [1.807, 2.05) is 0 Å². The van der Waals surface area contributed by atoms with Crippen LogP contribution in [0.5, 0.6) is 0 Å². The summed E-state index contributed by atoms with van der Waals surface area (Å²) < 4.78 is 0. The molecule has 50 valence electrons. The molecule has 0 aromatic heterocycles. The average molecular weight is 126 g/mol. The maximum absolute atomic E-state index is 8.25. The summed E-state index contributed by atoms with van der Waals surface area (Å²) in [5.74, 6) is 0. The Morgan fingerprint density at radius 2 is 1.38 bits per heavy atom. The highest BCUT2D eigenvalue weighted by atomic mass is 16.9. The highest BCUT2D eigenvalue weighted by Gasteiger charge is 1.45. The monoisotopic (exact) mass is 126 g/mol. The maximum atomic E-state index is 8.25. The molecule has 0 aromatic carbocycles. The van der Waals surface area contributed by atoms with Crippen molar-refractivity contribution in [3.05, 3.63) is 25.4 Å². The molecule has 8 nitrogen and oxygen atoms in total. The molecule has 0 saturated heterocycles. The number of hydrogen-bond acceptors (Lipinski definition) is 6. The van der Waals surface area contributed by atoms with Gasteiger partial charge in [-0.1, -0.05) is 0 Å². The molecule has 0 amide bonds. The van der Waals surface area contributed by atoms with Crippen LogP contribution in [0.15, 0.2) is 5.34 Å². The standard InChI is InChI=1S/NO3.HNO2.H3N/c2-1(3)4;2-1-3;/h;(H,2,3);1H3/q-1;;. The zero-order valence-electron chi connectivity index (χ0n) is 3.94. The first kappa shape index (κ1) is 16.0. The van der Waals surface area contributed by atoms with E-state index in [1.165, 1.54) is 0 Å². The molecule has 0 spiro atoms. The van der Waals surface area contributed by atoms with E-state index in [-0.39, 0.29) is 6.15 Å². The van der Waals surface area contributed by atoms with Crippen molar-refractivity contribution < 1.29 is 5.09 Å². The van der Waals surface area contributed by atoms with Gasteiger partial charge in [-0.2, -0.15) is 0 Å². The fraction of sp³-hybridized carbons (Fsp3) is 0. The zero-order chi connectivity index (χ0) is 6.28. The van der Waals surface area contributed by atoms with Gasteiger partial charge in [0.1, 0.15) is 0 Å². The number of nitrogens with zero attached hydrogens (tertiary/aromatic N) is 2. The topological polar surface area (TPSA) is 155 Å². The summed E-state index contributed by atoms with van der Waals surface area (Å²) in [6.07, 6.45) is 0. The Hall–Kier alpha value is -1.44. The van der Waals surface area contributed by atoms with Crippen molar-refractivity contribution in [1.82, 2.24) is 6.15 Å². The minimum absolute atomic E-state index is 0. The van der Waals surface area contributed by atoms with Crippen molar-refractivity contribution in [3.8, 4) is 0 Å². The second kappa shape index (κ2) is 17.6. The molecule has 0 aliphatic rings. The lowest BCUT2D eigenvalue weighted by Gasteiger charge is -1.74. The molecule has 0 aromatic rings. The van der Waals surface area contributed by atoms with E-state index in [0.29, 0.717) is 0 Å². The Morgan fingerprint density at radius 3 is 1.38 bits per heavy atom. The van der Waals surface area contributed by atoms with E-state index in [1.54, 1.807) is 0 Å². The maximum Gasteiger partial charge on any atom is 0.0689 e. The minimum atomic E-state index is -1.75. The largest absolute Gasteiger partial charge is 0.444 e. The van der Waals surface area contributed by atoms with Crippen LogP contribution in [0.2, 0.25) is 0 Å². The van der Waals surface area contributed by atoms with Crippen molar-refractivity contribution in [1.29, 1.82) is 0 Å². The molecule has 0 heterocycles. The van der Waals surface area contributed by atoms with Crippen molar-refractivity contribution in [3.63, 3.8) is 0 Å². The lowest BCUT2D eigenvalue weighted by molar-refractivity contribution is -0.402. The summed E-state index contributed by atoms with van der Waals surface area (Å²) in [6, 6.07) is 0. The Bertz CT molecular complexity index is 54.7. The molecular weight excluding hydrogens is 122 g/mol. The molecule has 0 aliphatic carbocycles. The Balaban J connectivity index is -0.0000000575. The molecule has 0 bridgehead atoms. The Kier molecular flexibility index (Phi) is 35.3. The van der Waals surface area contributed by atoms with Crippen LogP contribution in [0.4, 0.5) is 0 Å². The molecule has 0 fully saturated rings. The van der Waals surface area contributed by atoms with Crippen LogP contribution < -0.4 is 6.15 Å². The Morgan fingerprint density at radius 1 is 1.38 bits per heavy atom. The van der Waals surface area contributed by atoms with E-state index in [9.17, 15) is 0 Å². The van der Waals surface area contributed by atoms with Crippen LogP contribution in [-0.4, -0.2) is 5.09 Å². The first-order valence-corrected chi connectivity index (χ1v) is 0.913. The summed E-state index contributed by atoms with van der Waals surface area (Å²) in [7, 11) is 0. The zero-order valence-corrected chi connectivity index (χ0v) is 3.94. The van der Waals surface area contributed by atoms with Crippen LogP contribution >= 0.6 is 0 Å². The molecule has 8 heteroatoms. The third kappa shape index (κ3) is 27.9. The van der Waals surface area contributed by atoms with Crippen LogP contribution in [0.3, 0.4) is 0 Å².